The van der Waals surface area contributed by atoms with Gasteiger partial charge in [0.2, 0.25) is 15.9 Å². The first-order valence-corrected chi connectivity index (χ1v) is 12.0. The predicted molar refractivity (Wildman–Crippen MR) is 114 cm³/mol. The fourth-order valence-electron chi connectivity index (χ4n) is 3.20. The second kappa shape index (κ2) is 9.58. The Balaban J connectivity index is 1.59. The Kier molecular flexibility index (Phi) is 7.15. The van der Waals surface area contributed by atoms with Crippen molar-refractivity contribution in [3.05, 3.63) is 54.1 Å². The molecule has 1 saturated heterocycles. The van der Waals surface area contributed by atoms with Crippen molar-refractivity contribution in [3.63, 3.8) is 0 Å². The predicted octanol–water partition coefficient (Wildman–Crippen LogP) is 4.29. The van der Waals surface area contributed by atoms with Gasteiger partial charge in [0, 0.05) is 23.7 Å². The van der Waals surface area contributed by atoms with E-state index >= 15 is 0 Å². The largest absolute Gasteiger partial charge is 0.325 e. The van der Waals surface area contributed by atoms with Crippen LogP contribution in [0.3, 0.4) is 0 Å². The molecule has 28 heavy (non-hydrogen) atoms. The number of rotatable bonds is 6. The highest BCUT2D eigenvalue weighted by molar-refractivity contribution is 8.00. The summed E-state index contributed by atoms with van der Waals surface area (Å²) >= 11 is 1.49. The van der Waals surface area contributed by atoms with Gasteiger partial charge in [-0.25, -0.2) is 8.42 Å². The third-order valence-electron chi connectivity index (χ3n) is 4.79. The number of sulfonamides is 1. The Hall–Kier alpha value is -1.83. The van der Waals surface area contributed by atoms with E-state index in [1.165, 1.54) is 11.8 Å². The third kappa shape index (κ3) is 5.37. The number of nitrogens with zero attached hydrogens (tertiary/aromatic N) is 1. The molecule has 2 aromatic rings. The Bertz CT molecular complexity index is 904. The van der Waals surface area contributed by atoms with Crippen molar-refractivity contribution < 1.29 is 13.2 Å². The number of hydrogen-bond donors (Lipinski definition) is 1. The van der Waals surface area contributed by atoms with Crippen LogP contribution in [0.15, 0.2) is 58.3 Å². The van der Waals surface area contributed by atoms with Crippen LogP contribution in [0.25, 0.3) is 0 Å². The van der Waals surface area contributed by atoms with E-state index in [9.17, 15) is 13.2 Å². The minimum atomic E-state index is -3.47. The summed E-state index contributed by atoms with van der Waals surface area (Å²) in [6.07, 6.45) is 3.98. The smallest absolute Gasteiger partial charge is 0.243 e. The van der Waals surface area contributed by atoms with Gasteiger partial charge in [0.25, 0.3) is 0 Å². The SMILES string of the molecule is Cc1ccccc1SCC(=O)Nc1ccc(S(=O)(=O)N2CCCCCC2)cc1. The van der Waals surface area contributed by atoms with Crippen molar-refractivity contribution in [2.24, 2.45) is 0 Å². The van der Waals surface area contributed by atoms with Gasteiger partial charge < -0.3 is 5.32 Å². The molecule has 7 heteroatoms. The van der Waals surface area contributed by atoms with E-state index in [1.54, 1.807) is 28.6 Å². The Labute approximate surface area is 171 Å². The summed E-state index contributed by atoms with van der Waals surface area (Å²) in [5.41, 5.74) is 1.74. The van der Waals surface area contributed by atoms with Crippen molar-refractivity contribution in [2.75, 3.05) is 24.2 Å². The molecule has 0 radical (unpaired) electrons. The maximum Gasteiger partial charge on any atom is 0.243 e. The van der Waals surface area contributed by atoms with Crippen LogP contribution in [-0.4, -0.2) is 37.5 Å². The van der Waals surface area contributed by atoms with Crippen LogP contribution in [0, 0.1) is 6.92 Å². The highest BCUT2D eigenvalue weighted by Gasteiger charge is 2.24. The van der Waals surface area contributed by atoms with Crippen LogP contribution in [0.2, 0.25) is 0 Å². The molecule has 150 valence electrons. The Morgan fingerprint density at radius 3 is 2.29 bits per heavy atom. The number of amides is 1. The number of hydrogen-bond acceptors (Lipinski definition) is 4. The van der Waals surface area contributed by atoms with Crippen molar-refractivity contribution in [2.45, 2.75) is 42.4 Å². The number of thioether (sulfide) groups is 1. The van der Waals surface area contributed by atoms with E-state index in [0.29, 0.717) is 24.5 Å². The monoisotopic (exact) mass is 418 g/mol. The second-order valence-electron chi connectivity index (χ2n) is 6.95. The van der Waals surface area contributed by atoms with Gasteiger partial charge in [-0.1, -0.05) is 31.0 Å². The number of anilines is 1. The highest BCUT2D eigenvalue weighted by Crippen LogP contribution is 2.23. The molecule has 1 heterocycles. The summed E-state index contributed by atoms with van der Waals surface area (Å²) < 4.78 is 27.2. The lowest BCUT2D eigenvalue weighted by Gasteiger charge is -2.20. The Morgan fingerprint density at radius 2 is 1.64 bits per heavy atom. The maximum absolute atomic E-state index is 12.8. The van der Waals surface area contributed by atoms with Gasteiger partial charge in [0.1, 0.15) is 0 Å². The minimum absolute atomic E-state index is 0.114. The standard InChI is InChI=1S/C21H26N2O3S2/c1-17-8-4-5-9-20(17)27-16-21(24)22-18-10-12-19(13-11-18)28(25,26)23-14-6-2-3-7-15-23/h4-5,8-13H,2-3,6-7,14-16H2,1H3,(H,22,24). The fraction of sp³-hybridized carbons (Fsp3) is 0.381. The molecule has 0 spiro atoms. The van der Waals surface area contributed by atoms with Crippen molar-refractivity contribution in [3.8, 4) is 0 Å². The number of nitrogens with one attached hydrogen (secondary N) is 1. The zero-order valence-corrected chi connectivity index (χ0v) is 17.7. The lowest BCUT2D eigenvalue weighted by molar-refractivity contribution is -0.113. The minimum Gasteiger partial charge on any atom is -0.325 e. The number of benzene rings is 2. The molecule has 0 bridgehead atoms. The van der Waals surface area contributed by atoms with Crippen molar-refractivity contribution in [1.29, 1.82) is 0 Å². The third-order valence-corrected chi connectivity index (χ3v) is 7.88. The average molecular weight is 419 g/mol. The van der Waals surface area contributed by atoms with E-state index in [2.05, 4.69) is 5.32 Å². The first-order chi connectivity index (χ1) is 13.5. The van der Waals surface area contributed by atoms with E-state index in [1.807, 2.05) is 31.2 Å². The number of aryl methyl sites for hydroxylation is 1. The van der Waals surface area contributed by atoms with Crippen molar-refractivity contribution >= 4 is 33.4 Å². The van der Waals surface area contributed by atoms with Gasteiger partial charge in [-0.05, 0) is 55.7 Å². The summed E-state index contributed by atoms with van der Waals surface area (Å²) in [5, 5.41) is 2.83. The molecule has 2 aromatic carbocycles. The molecular formula is C21H26N2O3S2. The molecule has 1 amide bonds. The Morgan fingerprint density at radius 1 is 1.00 bits per heavy atom. The molecule has 5 nitrogen and oxygen atoms in total. The molecule has 1 fully saturated rings. The van der Waals surface area contributed by atoms with Gasteiger partial charge >= 0.3 is 0 Å². The van der Waals surface area contributed by atoms with Gasteiger partial charge in [-0.2, -0.15) is 4.31 Å². The lowest BCUT2D eigenvalue weighted by atomic mass is 10.2. The van der Waals surface area contributed by atoms with Gasteiger partial charge in [0.15, 0.2) is 0 Å². The molecule has 0 aliphatic carbocycles. The normalized spacial score (nSPS) is 15.8. The number of carbonyl (C=O) groups is 1. The molecule has 0 unspecified atom stereocenters. The molecular weight excluding hydrogens is 392 g/mol. The van der Waals surface area contributed by atoms with E-state index < -0.39 is 10.0 Å². The lowest BCUT2D eigenvalue weighted by Crippen LogP contribution is -2.31. The second-order valence-corrected chi connectivity index (χ2v) is 9.90. The van der Waals surface area contributed by atoms with Crippen LogP contribution < -0.4 is 5.32 Å². The zero-order valence-electron chi connectivity index (χ0n) is 16.1. The van der Waals surface area contributed by atoms with E-state index in [-0.39, 0.29) is 10.8 Å². The molecule has 1 N–H and O–H groups in total. The quantitative estimate of drug-likeness (QED) is 0.711. The summed E-state index contributed by atoms with van der Waals surface area (Å²) in [6.45, 7) is 3.18. The van der Waals surface area contributed by atoms with Crippen LogP contribution in [0.4, 0.5) is 5.69 Å². The summed E-state index contributed by atoms with van der Waals surface area (Å²) in [4.78, 5) is 13.6. The molecule has 1 aliphatic rings. The fourth-order valence-corrected chi connectivity index (χ4v) is 5.55. The average Bonchev–Trinajstić information content (AvgIpc) is 2.98. The van der Waals surface area contributed by atoms with Gasteiger partial charge in [0.05, 0.1) is 10.6 Å². The summed E-state index contributed by atoms with van der Waals surface area (Å²) in [6, 6.07) is 14.4. The molecule has 3 rings (SSSR count). The van der Waals surface area contributed by atoms with E-state index in [0.717, 1.165) is 36.1 Å². The van der Waals surface area contributed by atoms with Crippen LogP contribution in [-0.2, 0) is 14.8 Å². The highest BCUT2D eigenvalue weighted by atomic mass is 32.2. The zero-order chi connectivity index (χ0) is 20.0. The van der Waals surface area contributed by atoms with Crippen LogP contribution in [0.1, 0.15) is 31.2 Å². The molecule has 0 aromatic heterocycles. The molecule has 0 saturated carbocycles. The van der Waals surface area contributed by atoms with E-state index in [4.69, 9.17) is 0 Å². The van der Waals surface area contributed by atoms with Crippen LogP contribution in [0.5, 0.6) is 0 Å². The summed E-state index contributed by atoms with van der Waals surface area (Å²) in [5.74, 6) is 0.190. The number of carbonyl (C=O) groups excluding carboxylic acids is 1. The van der Waals surface area contributed by atoms with Crippen molar-refractivity contribution in [1.82, 2.24) is 4.31 Å². The van der Waals surface area contributed by atoms with Crippen LogP contribution >= 0.6 is 11.8 Å². The van der Waals surface area contributed by atoms with Gasteiger partial charge in [-0.3, -0.25) is 4.79 Å². The maximum atomic E-state index is 12.8. The first-order valence-electron chi connectivity index (χ1n) is 9.55. The molecule has 1 aliphatic heterocycles. The molecule has 0 atom stereocenters. The summed E-state index contributed by atoms with van der Waals surface area (Å²) in [7, 11) is -3.47. The van der Waals surface area contributed by atoms with Gasteiger partial charge in [-0.15, -0.1) is 11.8 Å². The topological polar surface area (TPSA) is 66.5 Å². The first kappa shape index (κ1) is 20.9.